The molecule has 0 spiro atoms. The Balaban J connectivity index is 3.33. The molecule has 0 aliphatic rings. The molecule has 0 aliphatic heterocycles. The molecule has 1 rings (SSSR count). The predicted octanol–water partition coefficient (Wildman–Crippen LogP) is 3.12. The van der Waals surface area contributed by atoms with Crippen molar-refractivity contribution in [2.45, 2.75) is 19.9 Å². The van der Waals surface area contributed by atoms with Crippen LogP contribution in [0.4, 0.5) is 14.5 Å². The van der Waals surface area contributed by atoms with E-state index in [-0.39, 0.29) is 6.04 Å². The second-order valence-corrected chi connectivity index (χ2v) is 5.11. The van der Waals surface area contributed by atoms with Gasteiger partial charge < -0.3 is 4.90 Å². The molecular weight excluding hydrogens is 338 g/mol. The fraction of sp³-hybridized carbons (Fsp3) is 0.417. The van der Waals surface area contributed by atoms with Crippen molar-refractivity contribution in [3.05, 3.63) is 39.4 Å². The minimum Gasteiger partial charge on any atom is -0.335 e. The van der Waals surface area contributed by atoms with Crippen LogP contribution in [-0.2, 0) is 0 Å². The Kier molecular flexibility index (Phi) is 5.55. The van der Waals surface area contributed by atoms with Crippen LogP contribution in [-0.4, -0.2) is 33.6 Å². The highest BCUT2D eigenvalue weighted by atomic mass is 79.9. The molecule has 1 aromatic rings. The van der Waals surface area contributed by atoms with E-state index < -0.39 is 33.7 Å². The Morgan fingerprint density at radius 3 is 2.40 bits per heavy atom. The molecule has 0 heterocycles. The van der Waals surface area contributed by atoms with Crippen molar-refractivity contribution in [2.75, 3.05) is 11.9 Å². The molecule has 5 nitrogen and oxygen atoms in total. The fourth-order valence-electron chi connectivity index (χ4n) is 1.70. The molecule has 0 atom stereocenters. The van der Waals surface area contributed by atoms with Gasteiger partial charge in [0, 0.05) is 17.9 Å². The summed E-state index contributed by atoms with van der Waals surface area (Å²) in [6, 6.07) is 0.766. The fourth-order valence-corrected chi connectivity index (χ4v) is 2.08. The number of benzene rings is 1. The van der Waals surface area contributed by atoms with Gasteiger partial charge in [0.2, 0.25) is 0 Å². The molecule has 110 valence electrons. The molecule has 1 aromatic carbocycles. The molecule has 0 saturated heterocycles. The average molecular weight is 351 g/mol. The number of hydrogen-bond acceptors (Lipinski definition) is 3. The number of halogens is 3. The van der Waals surface area contributed by atoms with Crippen molar-refractivity contribution in [3.63, 3.8) is 0 Å². The maximum absolute atomic E-state index is 13.3. The quantitative estimate of drug-likeness (QED) is 0.465. The van der Waals surface area contributed by atoms with Crippen molar-refractivity contribution >= 4 is 27.5 Å². The second-order valence-electron chi connectivity index (χ2n) is 4.32. The number of carbonyl (C=O) groups excluding carboxylic acids is 1. The summed E-state index contributed by atoms with van der Waals surface area (Å²) in [5.74, 6) is -3.35. The van der Waals surface area contributed by atoms with Gasteiger partial charge in [-0.2, -0.15) is 0 Å². The first kappa shape index (κ1) is 16.5. The van der Waals surface area contributed by atoms with Crippen molar-refractivity contribution in [3.8, 4) is 0 Å². The largest absolute Gasteiger partial charge is 0.335 e. The minimum absolute atomic E-state index is 0.229. The molecule has 1 amide bonds. The number of nitro benzene ring substituents is 1. The van der Waals surface area contributed by atoms with Crippen LogP contribution < -0.4 is 0 Å². The zero-order chi connectivity index (χ0) is 15.4. The number of nitrogens with zero attached hydrogens (tertiary/aromatic N) is 2. The van der Waals surface area contributed by atoms with Crippen molar-refractivity contribution in [1.29, 1.82) is 0 Å². The summed E-state index contributed by atoms with van der Waals surface area (Å²) in [5.41, 5.74) is -1.20. The van der Waals surface area contributed by atoms with E-state index in [0.717, 1.165) is 0 Å². The molecule has 0 aliphatic carbocycles. The maximum atomic E-state index is 13.3. The first-order valence-electron chi connectivity index (χ1n) is 5.80. The van der Waals surface area contributed by atoms with E-state index in [1.54, 1.807) is 13.8 Å². The number of nitro groups is 1. The second kappa shape index (κ2) is 6.74. The van der Waals surface area contributed by atoms with Crippen molar-refractivity contribution in [1.82, 2.24) is 4.90 Å². The van der Waals surface area contributed by atoms with Gasteiger partial charge in [-0.15, -0.1) is 0 Å². The molecular formula is C12H13BrF2N2O3. The Hall–Kier alpha value is -1.57. The number of alkyl halides is 1. The van der Waals surface area contributed by atoms with Crippen molar-refractivity contribution < 1.29 is 18.5 Å². The summed E-state index contributed by atoms with van der Waals surface area (Å²) >= 11 is 3.17. The third-order valence-corrected chi connectivity index (χ3v) is 3.03. The van der Waals surface area contributed by atoms with Crippen LogP contribution >= 0.6 is 15.9 Å². The molecule has 0 fully saturated rings. The zero-order valence-corrected chi connectivity index (χ0v) is 12.5. The zero-order valence-electron chi connectivity index (χ0n) is 10.9. The number of hydrogen-bond donors (Lipinski definition) is 0. The summed E-state index contributed by atoms with van der Waals surface area (Å²) in [5, 5.41) is 11.3. The van der Waals surface area contributed by atoms with Gasteiger partial charge in [0.15, 0.2) is 11.6 Å². The van der Waals surface area contributed by atoms with Gasteiger partial charge in [0.1, 0.15) is 5.56 Å². The Morgan fingerprint density at radius 1 is 1.40 bits per heavy atom. The van der Waals surface area contributed by atoms with Crippen LogP contribution in [0.5, 0.6) is 0 Å². The standard InChI is InChI=1S/C12H13BrF2N2O3/c1-7(2)16(4-3-13)12(18)8-5-9(14)10(15)6-11(8)17(19)20/h5-7H,3-4H2,1-2H3. The van der Waals surface area contributed by atoms with E-state index in [1.807, 2.05) is 0 Å². The van der Waals surface area contributed by atoms with Crippen LogP contribution in [0.1, 0.15) is 24.2 Å². The molecule has 8 heteroatoms. The Bertz CT molecular complexity index is 538. The molecule has 0 N–H and O–H groups in total. The van der Waals surface area contributed by atoms with E-state index in [1.165, 1.54) is 4.90 Å². The monoisotopic (exact) mass is 350 g/mol. The molecule has 0 saturated carbocycles. The summed E-state index contributed by atoms with van der Waals surface area (Å²) < 4.78 is 26.3. The summed E-state index contributed by atoms with van der Waals surface area (Å²) in [4.78, 5) is 23.6. The lowest BCUT2D eigenvalue weighted by Crippen LogP contribution is -2.38. The number of rotatable bonds is 5. The van der Waals surface area contributed by atoms with Gasteiger partial charge in [-0.05, 0) is 19.9 Å². The van der Waals surface area contributed by atoms with Crippen LogP contribution in [0.2, 0.25) is 0 Å². The van der Waals surface area contributed by atoms with Gasteiger partial charge in [-0.3, -0.25) is 14.9 Å². The van der Waals surface area contributed by atoms with Crippen molar-refractivity contribution in [2.24, 2.45) is 0 Å². The van der Waals surface area contributed by atoms with E-state index in [0.29, 0.717) is 24.0 Å². The van der Waals surface area contributed by atoms with Crippen LogP contribution in [0.25, 0.3) is 0 Å². The summed E-state index contributed by atoms with van der Waals surface area (Å²) in [6.45, 7) is 3.76. The smallest absolute Gasteiger partial charge is 0.285 e. The topological polar surface area (TPSA) is 63.5 Å². The lowest BCUT2D eigenvalue weighted by atomic mass is 10.1. The Morgan fingerprint density at radius 2 is 1.95 bits per heavy atom. The number of amides is 1. The number of carbonyl (C=O) groups is 1. The Labute approximate surface area is 122 Å². The lowest BCUT2D eigenvalue weighted by Gasteiger charge is -2.25. The maximum Gasteiger partial charge on any atom is 0.285 e. The van der Waals surface area contributed by atoms with Gasteiger partial charge in [-0.1, -0.05) is 15.9 Å². The molecule has 0 bridgehead atoms. The van der Waals surface area contributed by atoms with E-state index in [2.05, 4.69) is 15.9 Å². The molecule has 0 radical (unpaired) electrons. The van der Waals surface area contributed by atoms with Crippen LogP contribution in [0, 0.1) is 21.7 Å². The minimum atomic E-state index is -1.36. The third kappa shape index (κ3) is 3.50. The average Bonchev–Trinajstić information content (AvgIpc) is 2.37. The summed E-state index contributed by atoms with van der Waals surface area (Å²) in [6.07, 6.45) is 0. The van der Waals surface area contributed by atoms with Gasteiger partial charge in [-0.25, -0.2) is 8.78 Å². The van der Waals surface area contributed by atoms with Gasteiger partial charge >= 0.3 is 0 Å². The first-order valence-corrected chi connectivity index (χ1v) is 6.92. The highest BCUT2D eigenvalue weighted by Gasteiger charge is 2.28. The van der Waals surface area contributed by atoms with Gasteiger partial charge in [0.05, 0.1) is 11.0 Å². The van der Waals surface area contributed by atoms with E-state index >= 15 is 0 Å². The van der Waals surface area contributed by atoms with E-state index in [9.17, 15) is 23.7 Å². The normalized spacial score (nSPS) is 10.7. The van der Waals surface area contributed by atoms with Gasteiger partial charge in [0.25, 0.3) is 11.6 Å². The van der Waals surface area contributed by atoms with Crippen LogP contribution in [0.15, 0.2) is 12.1 Å². The lowest BCUT2D eigenvalue weighted by molar-refractivity contribution is -0.385. The van der Waals surface area contributed by atoms with E-state index in [4.69, 9.17) is 0 Å². The highest BCUT2D eigenvalue weighted by Crippen LogP contribution is 2.24. The predicted molar refractivity (Wildman–Crippen MR) is 73.0 cm³/mol. The SMILES string of the molecule is CC(C)N(CCBr)C(=O)c1cc(F)c(F)cc1[N+](=O)[O-]. The molecule has 20 heavy (non-hydrogen) atoms. The molecule has 0 aromatic heterocycles. The summed E-state index contributed by atoms with van der Waals surface area (Å²) in [7, 11) is 0. The first-order chi connectivity index (χ1) is 9.29. The highest BCUT2D eigenvalue weighted by molar-refractivity contribution is 9.09. The van der Waals surface area contributed by atoms with Crippen LogP contribution in [0.3, 0.4) is 0 Å². The third-order valence-electron chi connectivity index (χ3n) is 2.68. The molecule has 0 unspecified atom stereocenters.